The normalized spacial score (nSPS) is 32.6. The minimum Gasteiger partial charge on any atom is -0.388 e. The number of benzene rings is 1. The van der Waals surface area contributed by atoms with Crippen LogP contribution in [0.25, 0.3) is 0 Å². The van der Waals surface area contributed by atoms with Crippen molar-refractivity contribution in [2.45, 2.75) is 38.3 Å². The molecule has 2 aliphatic heterocycles. The quantitative estimate of drug-likeness (QED) is 0.818. The van der Waals surface area contributed by atoms with Gasteiger partial charge in [0.25, 0.3) is 0 Å². The van der Waals surface area contributed by atoms with Gasteiger partial charge in [-0.1, -0.05) is 18.2 Å². The maximum absolute atomic E-state index is 12.7. The number of carbonyl (C=O) groups is 1. The van der Waals surface area contributed by atoms with E-state index >= 15 is 0 Å². The second kappa shape index (κ2) is 4.77. The molecule has 3 unspecified atom stereocenters. The fourth-order valence-corrected chi connectivity index (χ4v) is 3.27. The molecule has 2 heterocycles. The van der Waals surface area contributed by atoms with Crippen molar-refractivity contribution in [3.8, 4) is 0 Å². The summed E-state index contributed by atoms with van der Waals surface area (Å²) in [6.45, 7) is 4.98. The third kappa shape index (κ3) is 2.40. The monoisotopic (exact) mass is 274 g/mol. The summed E-state index contributed by atoms with van der Waals surface area (Å²) >= 11 is 0. The number of nitrogens with zero attached hydrogens (tertiary/aromatic N) is 1. The molecular weight excluding hydrogens is 252 g/mol. The van der Waals surface area contributed by atoms with Crippen LogP contribution in [-0.4, -0.2) is 40.6 Å². The molecule has 4 nitrogen and oxygen atoms in total. The van der Waals surface area contributed by atoms with Gasteiger partial charge in [0.15, 0.2) is 0 Å². The maximum atomic E-state index is 12.7. The second-order valence-corrected chi connectivity index (χ2v) is 6.41. The Hall–Kier alpha value is -1.55. The number of rotatable bonds is 1. The molecular formula is C16H22N2O2. The van der Waals surface area contributed by atoms with Crippen LogP contribution >= 0.6 is 0 Å². The van der Waals surface area contributed by atoms with Gasteiger partial charge < -0.3 is 15.3 Å². The van der Waals surface area contributed by atoms with Crippen LogP contribution in [0, 0.1) is 5.92 Å². The molecule has 1 aromatic carbocycles. The summed E-state index contributed by atoms with van der Waals surface area (Å²) in [7, 11) is 0. The van der Waals surface area contributed by atoms with E-state index in [9.17, 15) is 9.90 Å². The molecule has 3 rings (SSSR count). The van der Waals surface area contributed by atoms with Crippen molar-refractivity contribution < 1.29 is 9.90 Å². The number of anilines is 1. The van der Waals surface area contributed by atoms with Crippen LogP contribution in [0.15, 0.2) is 24.3 Å². The third-order valence-electron chi connectivity index (χ3n) is 4.52. The SMILES string of the molecule is CC1Nc2ccccc2CC1C(=O)N1CCC(C)(O)C1. The average molecular weight is 274 g/mol. The molecule has 0 aromatic heterocycles. The standard InChI is InChI=1S/C16H22N2O2/c1-11-13(9-12-5-3-4-6-14(12)17-11)15(19)18-8-7-16(2,20)10-18/h3-6,11,13,17,20H,7-10H2,1-2H3. The Morgan fingerprint density at radius 1 is 1.45 bits per heavy atom. The number of hydrogen-bond acceptors (Lipinski definition) is 3. The topological polar surface area (TPSA) is 52.6 Å². The zero-order valence-corrected chi connectivity index (χ0v) is 12.1. The van der Waals surface area contributed by atoms with Crippen LogP contribution in [-0.2, 0) is 11.2 Å². The molecule has 1 aromatic rings. The van der Waals surface area contributed by atoms with Crippen LogP contribution in [0.5, 0.6) is 0 Å². The van der Waals surface area contributed by atoms with Gasteiger partial charge in [0.05, 0.1) is 11.5 Å². The lowest BCUT2D eigenvalue weighted by atomic mass is 9.87. The van der Waals surface area contributed by atoms with Gasteiger partial charge in [0.1, 0.15) is 0 Å². The van der Waals surface area contributed by atoms with Crippen molar-refractivity contribution in [1.82, 2.24) is 4.90 Å². The molecule has 20 heavy (non-hydrogen) atoms. The zero-order chi connectivity index (χ0) is 14.3. The lowest BCUT2D eigenvalue weighted by Gasteiger charge is -2.34. The Morgan fingerprint density at radius 3 is 2.90 bits per heavy atom. The van der Waals surface area contributed by atoms with Crippen LogP contribution < -0.4 is 5.32 Å². The number of amides is 1. The van der Waals surface area contributed by atoms with Crippen molar-refractivity contribution >= 4 is 11.6 Å². The predicted molar refractivity (Wildman–Crippen MR) is 78.5 cm³/mol. The summed E-state index contributed by atoms with van der Waals surface area (Å²) in [5.41, 5.74) is 1.62. The number of likely N-dealkylation sites (tertiary alicyclic amines) is 1. The van der Waals surface area contributed by atoms with Gasteiger partial charge in [0, 0.05) is 24.8 Å². The van der Waals surface area contributed by atoms with Crippen LogP contribution in [0.3, 0.4) is 0 Å². The van der Waals surface area contributed by atoms with Gasteiger partial charge in [-0.05, 0) is 38.3 Å². The molecule has 0 saturated carbocycles. The largest absolute Gasteiger partial charge is 0.388 e. The molecule has 3 atom stereocenters. The van der Waals surface area contributed by atoms with Crippen LogP contribution in [0.4, 0.5) is 5.69 Å². The van der Waals surface area contributed by atoms with E-state index in [1.165, 1.54) is 5.56 Å². The van der Waals surface area contributed by atoms with Crippen molar-refractivity contribution in [3.05, 3.63) is 29.8 Å². The maximum Gasteiger partial charge on any atom is 0.228 e. The summed E-state index contributed by atoms with van der Waals surface area (Å²) in [5.74, 6) is 0.121. The number of hydrogen-bond donors (Lipinski definition) is 2. The number of fused-ring (bicyclic) bond motifs is 1. The molecule has 2 aliphatic rings. The highest BCUT2D eigenvalue weighted by molar-refractivity contribution is 5.82. The van der Waals surface area contributed by atoms with E-state index in [4.69, 9.17) is 0 Å². The van der Waals surface area contributed by atoms with E-state index in [2.05, 4.69) is 24.4 Å². The fourth-order valence-electron chi connectivity index (χ4n) is 3.27. The molecule has 4 heteroatoms. The number of para-hydroxylation sites is 1. The van der Waals surface area contributed by atoms with E-state index < -0.39 is 5.60 Å². The first-order chi connectivity index (χ1) is 9.46. The Labute approximate surface area is 119 Å². The zero-order valence-electron chi connectivity index (χ0n) is 12.1. The molecule has 1 fully saturated rings. The van der Waals surface area contributed by atoms with E-state index in [1.807, 2.05) is 17.0 Å². The highest BCUT2D eigenvalue weighted by Crippen LogP contribution is 2.31. The number of nitrogens with one attached hydrogen (secondary N) is 1. The number of carbonyl (C=O) groups excluding carboxylic acids is 1. The van der Waals surface area contributed by atoms with Crippen LogP contribution in [0.1, 0.15) is 25.8 Å². The van der Waals surface area contributed by atoms with Gasteiger partial charge in [0.2, 0.25) is 5.91 Å². The van der Waals surface area contributed by atoms with Gasteiger partial charge in [-0.25, -0.2) is 0 Å². The van der Waals surface area contributed by atoms with E-state index in [-0.39, 0.29) is 17.9 Å². The third-order valence-corrected chi connectivity index (χ3v) is 4.52. The second-order valence-electron chi connectivity index (χ2n) is 6.41. The Morgan fingerprint density at radius 2 is 2.20 bits per heavy atom. The first-order valence-corrected chi connectivity index (χ1v) is 7.32. The molecule has 0 bridgehead atoms. The fraction of sp³-hybridized carbons (Fsp3) is 0.562. The summed E-state index contributed by atoms with van der Waals surface area (Å²) in [6, 6.07) is 8.29. The first kappa shape index (κ1) is 13.4. The van der Waals surface area contributed by atoms with E-state index in [0.29, 0.717) is 19.5 Å². The van der Waals surface area contributed by atoms with Crippen molar-refractivity contribution in [2.75, 3.05) is 18.4 Å². The van der Waals surface area contributed by atoms with E-state index in [0.717, 1.165) is 12.1 Å². The highest BCUT2D eigenvalue weighted by Gasteiger charge is 2.39. The van der Waals surface area contributed by atoms with Gasteiger partial charge in [-0.15, -0.1) is 0 Å². The van der Waals surface area contributed by atoms with Gasteiger partial charge >= 0.3 is 0 Å². The average Bonchev–Trinajstić information content (AvgIpc) is 2.77. The molecule has 108 valence electrons. The summed E-state index contributed by atoms with van der Waals surface area (Å²) < 4.78 is 0. The Bertz CT molecular complexity index is 527. The minimum atomic E-state index is -0.723. The van der Waals surface area contributed by atoms with Crippen molar-refractivity contribution in [3.63, 3.8) is 0 Å². The predicted octanol–water partition coefficient (Wildman–Crippen LogP) is 1.64. The molecule has 0 radical (unpaired) electrons. The van der Waals surface area contributed by atoms with Gasteiger partial charge in [-0.2, -0.15) is 0 Å². The summed E-state index contributed by atoms with van der Waals surface area (Å²) in [6.07, 6.45) is 1.45. The first-order valence-electron chi connectivity index (χ1n) is 7.32. The highest BCUT2D eigenvalue weighted by atomic mass is 16.3. The molecule has 1 saturated heterocycles. The number of aliphatic hydroxyl groups is 1. The summed E-state index contributed by atoms with van der Waals surface area (Å²) in [5, 5.41) is 13.5. The Balaban J connectivity index is 1.76. The lowest BCUT2D eigenvalue weighted by molar-refractivity contribution is -0.135. The van der Waals surface area contributed by atoms with E-state index in [1.54, 1.807) is 6.92 Å². The van der Waals surface area contributed by atoms with Crippen molar-refractivity contribution in [1.29, 1.82) is 0 Å². The van der Waals surface area contributed by atoms with Gasteiger partial charge in [-0.3, -0.25) is 4.79 Å². The summed E-state index contributed by atoms with van der Waals surface area (Å²) in [4.78, 5) is 14.5. The minimum absolute atomic E-state index is 0.0428. The van der Waals surface area contributed by atoms with Crippen LogP contribution in [0.2, 0.25) is 0 Å². The number of β-amino-alcohol motifs (C(OH)–C–C–N with tert-alkyl or cyclic N) is 1. The smallest absolute Gasteiger partial charge is 0.228 e. The van der Waals surface area contributed by atoms with Crippen molar-refractivity contribution in [2.24, 2.45) is 5.92 Å². The molecule has 1 amide bonds. The molecule has 2 N–H and O–H groups in total. The Kier molecular flexibility index (Phi) is 3.21. The molecule has 0 aliphatic carbocycles. The molecule has 0 spiro atoms. The lowest BCUT2D eigenvalue weighted by Crippen LogP contribution is -2.45.